The van der Waals surface area contributed by atoms with Gasteiger partial charge in [-0.05, 0) is 24.3 Å². The van der Waals surface area contributed by atoms with Gasteiger partial charge in [0.05, 0.1) is 6.04 Å². The molecule has 0 spiro atoms. The minimum atomic E-state index is -0.149. The van der Waals surface area contributed by atoms with E-state index in [1.807, 2.05) is 16.3 Å². The number of carbonyl (C=O) groups is 3. The Morgan fingerprint density at radius 2 is 2.05 bits per heavy atom. The molecule has 6 heteroatoms. The minimum absolute atomic E-state index is 0.0402. The Kier molecular flexibility index (Phi) is 4.05. The lowest BCUT2D eigenvalue weighted by Gasteiger charge is -2.25. The first-order valence-corrected chi connectivity index (χ1v) is 8.21. The van der Waals surface area contributed by atoms with Crippen LogP contribution in [0.1, 0.15) is 43.0 Å². The average Bonchev–Trinajstić information content (AvgIpc) is 3.18. The minimum Gasteiger partial charge on any atom is -0.335 e. The van der Waals surface area contributed by atoms with E-state index in [-0.39, 0.29) is 49.6 Å². The summed E-state index contributed by atoms with van der Waals surface area (Å²) < 4.78 is 0. The average molecular weight is 306 g/mol. The highest BCUT2D eigenvalue weighted by Gasteiger charge is 2.33. The first-order chi connectivity index (χ1) is 10.2. The van der Waals surface area contributed by atoms with Crippen LogP contribution in [0.15, 0.2) is 17.5 Å². The zero-order chi connectivity index (χ0) is 14.8. The largest absolute Gasteiger partial charge is 0.335 e. The third kappa shape index (κ3) is 2.85. The number of imide groups is 1. The molecule has 3 amide bonds. The number of rotatable bonds is 4. The number of likely N-dealkylation sites (tertiary alicyclic amines) is 2. The molecule has 0 radical (unpaired) electrons. The van der Waals surface area contributed by atoms with Gasteiger partial charge in [-0.2, -0.15) is 0 Å². The van der Waals surface area contributed by atoms with E-state index >= 15 is 0 Å². The van der Waals surface area contributed by atoms with Crippen molar-refractivity contribution >= 4 is 29.1 Å². The van der Waals surface area contributed by atoms with Crippen LogP contribution in [0.5, 0.6) is 0 Å². The van der Waals surface area contributed by atoms with Crippen molar-refractivity contribution in [1.82, 2.24) is 9.80 Å². The van der Waals surface area contributed by atoms with E-state index in [2.05, 4.69) is 6.07 Å². The zero-order valence-corrected chi connectivity index (χ0v) is 12.6. The normalized spacial score (nSPS) is 22.4. The predicted octanol–water partition coefficient (Wildman–Crippen LogP) is 1.95. The van der Waals surface area contributed by atoms with Gasteiger partial charge >= 0.3 is 0 Å². The monoisotopic (exact) mass is 306 g/mol. The van der Waals surface area contributed by atoms with Gasteiger partial charge in [0, 0.05) is 37.2 Å². The molecule has 3 rings (SSSR count). The van der Waals surface area contributed by atoms with Crippen molar-refractivity contribution in [2.75, 3.05) is 13.1 Å². The quantitative estimate of drug-likeness (QED) is 0.799. The van der Waals surface area contributed by atoms with E-state index in [0.29, 0.717) is 0 Å². The van der Waals surface area contributed by atoms with Crippen LogP contribution in [0, 0.1) is 0 Å². The maximum atomic E-state index is 12.4. The van der Waals surface area contributed by atoms with Gasteiger partial charge in [-0.1, -0.05) is 6.07 Å². The molecule has 0 aromatic carbocycles. The lowest BCUT2D eigenvalue weighted by atomic mass is 10.2. The van der Waals surface area contributed by atoms with Gasteiger partial charge in [-0.25, -0.2) is 0 Å². The summed E-state index contributed by atoms with van der Waals surface area (Å²) in [5.41, 5.74) is 0. The molecule has 0 saturated carbocycles. The molecule has 3 heterocycles. The summed E-state index contributed by atoms with van der Waals surface area (Å²) in [4.78, 5) is 39.9. The Hall–Kier alpha value is -1.69. The number of nitrogens with zero attached hydrogens (tertiary/aromatic N) is 2. The van der Waals surface area contributed by atoms with Crippen molar-refractivity contribution in [2.24, 2.45) is 0 Å². The van der Waals surface area contributed by atoms with Gasteiger partial charge in [-0.3, -0.25) is 19.3 Å². The highest BCUT2D eigenvalue weighted by molar-refractivity contribution is 7.10. The third-order valence-electron chi connectivity index (χ3n) is 4.15. The van der Waals surface area contributed by atoms with E-state index < -0.39 is 0 Å². The summed E-state index contributed by atoms with van der Waals surface area (Å²) in [7, 11) is 0. The first-order valence-electron chi connectivity index (χ1n) is 7.33. The van der Waals surface area contributed by atoms with Gasteiger partial charge < -0.3 is 4.90 Å². The molecule has 5 nitrogen and oxygen atoms in total. The molecule has 2 aliphatic heterocycles. The summed E-state index contributed by atoms with van der Waals surface area (Å²) in [5, 5.41) is 2.03. The lowest BCUT2D eigenvalue weighted by molar-refractivity contribution is -0.139. The van der Waals surface area contributed by atoms with Crippen molar-refractivity contribution in [3.05, 3.63) is 22.4 Å². The summed E-state index contributed by atoms with van der Waals surface area (Å²) in [6, 6.07) is 4.24. The highest BCUT2D eigenvalue weighted by atomic mass is 32.1. The Bertz CT molecular complexity index is 539. The van der Waals surface area contributed by atoms with Gasteiger partial charge in [0.2, 0.25) is 17.7 Å². The fraction of sp³-hybridized carbons (Fsp3) is 0.533. The summed E-state index contributed by atoms with van der Waals surface area (Å²) >= 11 is 1.67. The molecule has 0 N–H and O–H groups in total. The lowest BCUT2D eigenvalue weighted by Crippen LogP contribution is -2.36. The van der Waals surface area contributed by atoms with Crippen LogP contribution in [0.3, 0.4) is 0 Å². The van der Waals surface area contributed by atoms with Crippen LogP contribution in [0.4, 0.5) is 0 Å². The standard InChI is InChI=1S/C15H18N2O3S/c18-13-5-6-14(19)17(13)9-7-15(20)16-8-1-3-11(16)12-4-2-10-21-12/h2,4,10-11H,1,3,5-9H2. The third-order valence-corrected chi connectivity index (χ3v) is 5.12. The number of thiophene rings is 1. The van der Waals surface area contributed by atoms with Crippen LogP contribution in [-0.4, -0.2) is 40.6 Å². The first kappa shape index (κ1) is 14.3. The Balaban J connectivity index is 1.60. The molecule has 2 fully saturated rings. The molecule has 0 bridgehead atoms. The second kappa shape index (κ2) is 5.97. The van der Waals surface area contributed by atoms with Crippen LogP contribution in [-0.2, 0) is 14.4 Å². The van der Waals surface area contributed by atoms with Gasteiger partial charge in [0.1, 0.15) is 0 Å². The number of amides is 3. The van der Waals surface area contributed by atoms with E-state index in [0.717, 1.165) is 19.4 Å². The van der Waals surface area contributed by atoms with E-state index in [1.165, 1.54) is 9.78 Å². The topological polar surface area (TPSA) is 57.7 Å². The van der Waals surface area contributed by atoms with Crippen LogP contribution >= 0.6 is 11.3 Å². The van der Waals surface area contributed by atoms with Gasteiger partial charge in [-0.15, -0.1) is 11.3 Å². The molecule has 1 unspecified atom stereocenters. The van der Waals surface area contributed by atoms with E-state index in [4.69, 9.17) is 0 Å². The van der Waals surface area contributed by atoms with E-state index in [9.17, 15) is 14.4 Å². The predicted molar refractivity (Wildman–Crippen MR) is 78.6 cm³/mol. The summed E-state index contributed by atoms with van der Waals surface area (Å²) in [5.74, 6) is -0.258. The van der Waals surface area contributed by atoms with Gasteiger partial charge in [0.25, 0.3) is 0 Å². The number of hydrogen-bond donors (Lipinski definition) is 0. The SMILES string of the molecule is O=C1CCC(=O)N1CCC(=O)N1CCCC1c1cccs1. The Morgan fingerprint density at radius 3 is 2.71 bits per heavy atom. The Labute approximate surface area is 127 Å². The number of hydrogen-bond acceptors (Lipinski definition) is 4. The van der Waals surface area contributed by atoms with Crippen LogP contribution in [0.25, 0.3) is 0 Å². The smallest absolute Gasteiger partial charge is 0.229 e. The maximum Gasteiger partial charge on any atom is 0.229 e. The second-order valence-electron chi connectivity index (χ2n) is 5.45. The maximum absolute atomic E-state index is 12.4. The van der Waals surface area contributed by atoms with Crippen LogP contribution < -0.4 is 0 Å². The summed E-state index contributed by atoms with van der Waals surface area (Å²) in [6.07, 6.45) is 2.81. The molecule has 1 aromatic heterocycles. The van der Waals surface area contributed by atoms with Crippen molar-refractivity contribution in [3.63, 3.8) is 0 Å². The van der Waals surface area contributed by atoms with Crippen molar-refractivity contribution in [1.29, 1.82) is 0 Å². The molecular weight excluding hydrogens is 288 g/mol. The van der Waals surface area contributed by atoms with Crippen LogP contribution in [0.2, 0.25) is 0 Å². The highest BCUT2D eigenvalue weighted by Crippen LogP contribution is 2.34. The molecule has 2 aliphatic rings. The van der Waals surface area contributed by atoms with E-state index in [1.54, 1.807) is 11.3 Å². The molecule has 1 atom stereocenters. The zero-order valence-electron chi connectivity index (χ0n) is 11.8. The fourth-order valence-corrected chi connectivity index (χ4v) is 3.94. The molecule has 1 aromatic rings. The Morgan fingerprint density at radius 1 is 1.29 bits per heavy atom. The summed E-state index contributed by atoms with van der Waals surface area (Å²) in [6.45, 7) is 0.994. The molecule has 0 aliphatic carbocycles. The van der Waals surface area contributed by atoms with Crippen molar-refractivity contribution < 1.29 is 14.4 Å². The van der Waals surface area contributed by atoms with Crippen molar-refractivity contribution in [2.45, 2.75) is 38.1 Å². The van der Waals surface area contributed by atoms with Crippen molar-refractivity contribution in [3.8, 4) is 0 Å². The molecule has 21 heavy (non-hydrogen) atoms. The molecular formula is C15H18N2O3S. The number of carbonyl (C=O) groups excluding carboxylic acids is 3. The molecule has 112 valence electrons. The fourth-order valence-electron chi connectivity index (χ4n) is 3.07. The van der Waals surface area contributed by atoms with Gasteiger partial charge in [0.15, 0.2) is 0 Å². The second-order valence-corrected chi connectivity index (χ2v) is 6.43. The molecule has 2 saturated heterocycles.